The van der Waals surface area contributed by atoms with Gasteiger partial charge in [-0.05, 0) is 91.9 Å². The number of hydrogen-bond donors (Lipinski definition) is 1. The van der Waals surface area contributed by atoms with Gasteiger partial charge >= 0.3 is 0 Å². The summed E-state index contributed by atoms with van der Waals surface area (Å²) in [6, 6.07) is 21.9. The van der Waals surface area contributed by atoms with Crippen LogP contribution in [0.15, 0.2) is 82.7 Å². The van der Waals surface area contributed by atoms with Crippen LogP contribution in [0.25, 0.3) is 22.3 Å². The predicted molar refractivity (Wildman–Crippen MR) is 188 cm³/mol. The first kappa shape index (κ1) is 33.2. The van der Waals surface area contributed by atoms with E-state index < -0.39 is 0 Å². The van der Waals surface area contributed by atoms with Gasteiger partial charge in [-0.2, -0.15) is 9.78 Å². The molecule has 1 amide bonds. The van der Waals surface area contributed by atoms with Crippen molar-refractivity contribution in [3.05, 3.63) is 110 Å². The highest BCUT2D eigenvalue weighted by Crippen LogP contribution is 2.37. The fourth-order valence-electron chi connectivity index (χ4n) is 5.13. The second-order valence-electron chi connectivity index (χ2n) is 11.3. The third kappa shape index (κ3) is 7.47. The van der Waals surface area contributed by atoms with E-state index in [-0.39, 0.29) is 34.8 Å². The Balaban J connectivity index is 1.50. The van der Waals surface area contributed by atoms with Gasteiger partial charge in [-0.1, -0.05) is 55.3 Å². The van der Waals surface area contributed by atoms with Crippen molar-refractivity contribution in [2.45, 2.75) is 40.5 Å². The number of aromatic nitrogens is 2. The lowest BCUT2D eigenvalue weighted by Crippen LogP contribution is -2.21. The molecule has 0 atom stereocenters. The van der Waals surface area contributed by atoms with Crippen molar-refractivity contribution in [1.29, 1.82) is 0 Å². The van der Waals surface area contributed by atoms with Crippen LogP contribution in [0.5, 0.6) is 17.2 Å². The zero-order chi connectivity index (χ0) is 33.7. The fourth-order valence-corrected chi connectivity index (χ4v) is 5.40. The summed E-state index contributed by atoms with van der Waals surface area (Å²) in [4.78, 5) is 31.3. The number of benzene rings is 4. The Bertz CT molecular complexity index is 2020. The largest absolute Gasteiger partial charge is 0.494 e. The van der Waals surface area contributed by atoms with Crippen molar-refractivity contribution in [3.63, 3.8) is 0 Å². The van der Waals surface area contributed by atoms with Gasteiger partial charge in [-0.15, -0.1) is 0 Å². The molecule has 1 N–H and O–H groups in total. The van der Waals surface area contributed by atoms with Gasteiger partial charge in [0.05, 0.1) is 35.9 Å². The molecule has 0 aliphatic heterocycles. The maximum atomic E-state index is 13.9. The van der Waals surface area contributed by atoms with E-state index in [1.165, 1.54) is 18.0 Å². The molecule has 0 spiro atoms. The van der Waals surface area contributed by atoms with Crippen LogP contribution < -0.4 is 25.1 Å². The molecule has 9 nitrogen and oxygen atoms in total. The molecule has 10 heteroatoms. The molecular formula is C37H37ClN4O5. The number of nitrogens with zero attached hydrogens (tertiary/aromatic N) is 3. The van der Waals surface area contributed by atoms with Crippen LogP contribution in [0.4, 0.5) is 5.69 Å². The van der Waals surface area contributed by atoms with Gasteiger partial charge in [0.1, 0.15) is 5.75 Å². The number of carbonyl (C=O) groups excluding carboxylic acids is 1. The molecule has 0 radical (unpaired) electrons. The standard InChI is InChI=1S/C37H37ClN4O5/c1-7-46-32-16-24(5)29(19-28(32)22(2)3)36-41-31-11-9-8-10-27(31)37(44)42(36)39-20-25-17-30(38)35(33(18-25)45-6)47-21-34(43)40-26-14-12-23(4)13-15-26/h8-20,22H,7,21H2,1-6H3,(H,40,43). The summed E-state index contributed by atoms with van der Waals surface area (Å²) in [5.41, 5.74) is 5.19. The Hall–Kier alpha value is -5.15. The lowest BCUT2D eigenvalue weighted by atomic mass is 9.96. The van der Waals surface area contributed by atoms with Crippen molar-refractivity contribution in [2.24, 2.45) is 5.10 Å². The molecule has 242 valence electrons. The third-order valence-corrected chi connectivity index (χ3v) is 7.81. The highest BCUT2D eigenvalue weighted by molar-refractivity contribution is 6.32. The molecule has 1 heterocycles. The van der Waals surface area contributed by atoms with E-state index in [9.17, 15) is 9.59 Å². The van der Waals surface area contributed by atoms with Crippen LogP contribution in [0, 0.1) is 13.8 Å². The number of para-hydroxylation sites is 1. The monoisotopic (exact) mass is 652 g/mol. The zero-order valence-corrected chi connectivity index (χ0v) is 28.0. The lowest BCUT2D eigenvalue weighted by molar-refractivity contribution is -0.118. The Labute approximate surface area is 278 Å². The molecule has 0 aliphatic carbocycles. The van der Waals surface area contributed by atoms with E-state index in [4.69, 9.17) is 30.8 Å². The molecule has 0 unspecified atom stereocenters. The van der Waals surface area contributed by atoms with E-state index in [0.29, 0.717) is 40.3 Å². The van der Waals surface area contributed by atoms with Gasteiger partial charge in [0.15, 0.2) is 23.9 Å². The Morgan fingerprint density at radius 1 is 1.02 bits per heavy atom. The maximum Gasteiger partial charge on any atom is 0.282 e. The van der Waals surface area contributed by atoms with Crippen molar-refractivity contribution in [1.82, 2.24) is 9.66 Å². The molecule has 0 saturated carbocycles. The summed E-state index contributed by atoms with van der Waals surface area (Å²) in [5, 5.41) is 8.05. The van der Waals surface area contributed by atoms with Crippen LogP contribution in [-0.4, -0.2) is 42.1 Å². The smallest absolute Gasteiger partial charge is 0.282 e. The van der Waals surface area contributed by atoms with E-state index in [1.807, 2.05) is 69.3 Å². The molecule has 47 heavy (non-hydrogen) atoms. The second-order valence-corrected chi connectivity index (χ2v) is 11.8. The summed E-state index contributed by atoms with van der Waals surface area (Å²) in [6.45, 7) is 10.3. The number of ether oxygens (including phenoxy) is 3. The normalized spacial score (nSPS) is 11.3. The quantitative estimate of drug-likeness (QED) is 0.146. The van der Waals surface area contributed by atoms with Crippen LogP contribution in [0.3, 0.4) is 0 Å². The number of anilines is 1. The average Bonchev–Trinajstić information content (AvgIpc) is 3.04. The van der Waals surface area contributed by atoms with Gasteiger partial charge in [0, 0.05) is 11.3 Å². The number of nitrogens with one attached hydrogen (secondary N) is 1. The molecule has 5 aromatic rings. The van der Waals surface area contributed by atoms with Crippen molar-refractivity contribution in [3.8, 4) is 28.6 Å². The SMILES string of the molecule is CCOc1cc(C)c(-c2nc3ccccc3c(=O)n2N=Cc2cc(Cl)c(OCC(=O)Nc3ccc(C)cc3)c(OC)c2)cc1C(C)C. The first-order valence-corrected chi connectivity index (χ1v) is 15.7. The summed E-state index contributed by atoms with van der Waals surface area (Å²) >= 11 is 6.61. The lowest BCUT2D eigenvalue weighted by Gasteiger charge is -2.18. The minimum Gasteiger partial charge on any atom is -0.494 e. The number of hydrogen-bond acceptors (Lipinski definition) is 7. The topological polar surface area (TPSA) is 104 Å². The number of halogens is 1. The van der Waals surface area contributed by atoms with Gasteiger partial charge in [-0.3, -0.25) is 9.59 Å². The van der Waals surface area contributed by atoms with Crippen LogP contribution in [0.1, 0.15) is 48.9 Å². The maximum absolute atomic E-state index is 13.9. The molecule has 1 aromatic heterocycles. The average molecular weight is 653 g/mol. The molecule has 0 aliphatic rings. The van der Waals surface area contributed by atoms with Gasteiger partial charge in [0.25, 0.3) is 11.5 Å². The van der Waals surface area contributed by atoms with Crippen LogP contribution >= 0.6 is 11.6 Å². The third-order valence-electron chi connectivity index (χ3n) is 7.53. The fraction of sp³-hybridized carbons (Fsp3) is 0.243. The Morgan fingerprint density at radius 2 is 1.77 bits per heavy atom. The summed E-state index contributed by atoms with van der Waals surface area (Å²) in [7, 11) is 1.47. The van der Waals surface area contributed by atoms with Crippen molar-refractivity contribution < 1.29 is 19.0 Å². The highest BCUT2D eigenvalue weighted by Gasteiger charge is 2.19. The molecule has 4 aromatic carbocycles. The van der Waals surface area contributed by atoms with E-state index in [1.54, 1.807) is 24.3 Å². The first-order chi connectivity index (χ1) is 22.6. The minimum atomic E-state index is -0.349. The molecule has 0 saturated heterocycles. The van der Waals surface area contributed by atoms with Gasteiger partial charge < -0.3 is 19.5 Å². The molecule has 0 bridgehead atoms. The predicted octanol–water partition coefficient (Wildman–Crippen LogP) is 7.76. The molecular weight excluding hydrogens is 616 g/mol. The molecule has 0 fully saturated rings. The van der Waals surface area contributed by atoms with Gasteiger partial charge in [-0.25, -0.2) is 4.98 Å². The van der Waals surface area contributed by atoms with E-state index in [0.717, 1.165) is 28.0 Å². The number of aryl methyl sites for hydroxylation is 2. The number of methoxy groups -OCH3 is 1. The molecule has 5 rings (SSSR count). The number of amides is 1. The van der Waals surface area contributed by atoms with Crippen LogP contribution in [-0.2, 0) is 4.79 Å². The van der Waals surface area contributed by atoms with E-state index in [2.05, 4.69) is 24.3 Å². The number of fused-ring (bicyclic) bond motifs is 1. The van der Waals surface area contributed by atoms with E-state index >= 15 is 0 Å². The highest BCUT2D eigenvalue weighted by atomic mass is 35.5. The summed E-state index contributed by atoms with van der Waals surface area (Å²) < 4.78 is 18.5. The summed E-state index contributed by atoms with van der Waals surface area (Å²) in [6.07, 6.45) is 1.51. The minimum absolute atomic E-state index is 0.170. The van der Waals surface area contributed by atoms with Crippen molar-refractivity contribution in [2.75, 3.05) is 25.6 Å². The Morgan fingerprint density at radius 3 is 2.47 bits per heavy atom. The first-order valence-electron chi connectivity index (χ1n) is 15.3. The van der Waals surface area contributed by atoms with Crippen LogP contribution in [0.2, 0.25) is 5.02 Å². The zero-order valence-electron chi connectivity index (χ0n) is 27.3. The van der Waals surface area contributed by atoms with Crippen molar-refractivity contribution >= 4 is 40.3 Å². The van der Waals surface area contributed by atoms with Gasteiger partial charge in [0.2, 0.25) is 0 Å². The summed E-state index contributed by atoms with van der Waals surface area (Å²) in [5.74, 6) is 1.53. The Kier molecular flexibility index (Phi) is 10.3. The second kappa shape index (κ2) is 14.5. The number of rotatable bonds is 11. The number of carbonyl (C=O) groups is 1.